The normalized spacial score (nSPS) is 19.9. The third-order valence-electron chi connectivity index (χ3n) is 9.03. The molecule has 1 fully saturated rings. The number of nitrogens with one attached hydrogen (secondary N) is 2. The van der Waals surface area contributed by atoms with Crippen LogP contribution in [-0.4, -0.2) is 95.7 Å². The summed E-state index contributed by atoms with van der Waals surface area (Å²) in [6.07, 6.45) is 3.89. The molecule has 0 radical (unpaired) electrons. The van der Waals surface area contributed by atoms with Gasteiger partial charge in [-0.1, -0.05) is 56.9 Å². The fourth-order valence-corrected chi connectivity index (χ4v) is 5.81. The minimum absolute atomic E-state index is 0.0882. The second-order valence-corrected chi connectivity index (χ2v) is 13.5. The maximum absolute atomic E-state index is 12.7. The van der Waals surface area contributed by atoms with Crippen molar-refractivity contribution in [2.75, 3.05) is 26.3 Å². The Morgan fingerprint density at radius 1 is 0.712 bits per heavy atom. The quantitative estimate of drug-likeness (QED) is 0.0904. The number of carbonyl (C=O) groups is 4. The van der Waals surface area contributed by atoms with Crippen molar-refractivity contribution in [2.24, 2.45) is 0 Å². The molecule has 2 aromatic rings. The maximum Gasteiger partial charge on any atom is 0.251 e. The summed E-state index contributed by atoms with van der Waals surface area (Å²) in [4.78, 5) is 49.2. The Kier molecular flexibility index (Phi) is 19.6. The largest absolute Gasteiger partial charge is 0.486 e. The number of carbonyl (C=O) groups excluding carboxylic acids is 4. The average Bonchev–Trinajstić information content (AvgIpc) is 3.15. The zero-order chi connectivity index (χ0) is 37.7. The van der Waals surface area contributed by atoms with Crippen molar-refractivity contribution < 1.29 is 48.7 Å². The van der Waals surface area contributed by atoms with E-state index < -0.39 is 30.7 Å². The summed E-state index contributed by atoms with van der Waals surface area (Å²) in [6, 6.07) is 14.7. The van der Waals surface area contributed by atoms with Gasteiger partial charge in [-0.05, 0) is 74.4 Å². The summed E-state index contributed by atoms with van der Waals surface area (Å²) < 4.78 is 16.5. The molecular formula is C40H58N2O10. The van der Waals surface area contributed by atoms with Crippen LogP contribution in [0.4, 0.5) is 0 Å². The first-order valence-corrected chi connectivity index (χ1v) is 18.8. The molecule has 3 rings (SSSR count). The number of aliphatic hydroxyl groups excluding tert-OH is 3. The van der Waals surface area contributed by atoms with Gasteiger partial charge in [-0.25, -0.2) is 0 Å². The van der Waals surface area contributed by atoms with Crippen LogP contribution < -0.4 is 15.4 Å². The van der Waals surface area contributed by atoms with Crippen LogP contribution >= 0.6 is 0 Å². The van der Waals surface area contributed by atoms with Crippen LogP contribution in [0.25, 0.3) is 11.1 Å². The number of ether oxygens (including phenoxy) is 3. The van der Waals surface area contributed by atoms with Gasteiger partial charge in [0.05, 0.1) is 12.7 Å². The van der Waals surface area contributed by atoms with Gasteiger partial charge in [0.25, 0.3) is 5.91 Å². The lowest BCUT2D eigenvalue weighted by molar-refractivity contribution is -0.293. The smallest absolute Gasteiger partial charge is 0.251 e. The van der Waals surface area contributed by atoms with Crippen molar-refractivity contribution >= 4 is 23.4 Å². The van der Waals surface area contributed by atoms with E-state index >= 15 is 0 Å². The van der Waals surface area contributed by atoms with Gasteiger partial charge >= 0.3 is 0 Å². The van der Waals surface area contributed by atoms with Crippen LogP contribution in [-0.2, 0) is 23.9 Å². The number of amides is 2. The highest BCUT2D eigenvalue weighted by Crippen LogP contribution is 2.24. The summed E-state index contributed by atoms with van der Waals surface area (Å²) in [5, 5.41) is 35.3. The van der Waals surface area contributed by atoms with E-state index in [1.165, 1.54) is 12.8 Å². The molecule has 1 saturated heterocycles. The number of hydrogen-bond donors (Lipinski definition) is 5. The van der Waals surface area contributed by atoms with E-state index in [0.29, 0.717) is 55.9 Å². The third-order valence-corrected chi connectivity index (χ3v) is 9.03. The zero-order valence-corrected chi connectivity index (χ0v) is 30.7. The van der Waals surface area contributed by atoms with Gasteiger partial charge in [0.15, 0.2) is 12.1 Å². The van der Waals surface area contributed by atoms with Crippen LogP contribution in [0.5, 0.6) is 5.75 Å². The average molecular weight is 727 g/mol. The van der Waals surface area contributed by atoms with Crippen LogP contribution in [0.1, 0.15) is 108 Å². The molecule has 5 atom stereocenters. The molecule has 288 valence electrons. The molecule has 1 aliphatic rings. The summed E-state index contributed by atoms with van der Waals surface area (Å²) >= 11 is 0. The summed E-state index contributed by atoms with van der Waals surface area (Å²) in [6.45, 7) is 4.66. The van der Waals surface area contributed by atoms with Gasteiger partial charge in [0.1, 0.15) is 36.5 Å². The van der Waals surface area contributed by atoms with Crippen molar-refractivity contribution in [3.63, 3.8) is 0 Å². The minimum atomic E-state index is -1.38. The second kappa shape index (κ2) is 23.8. The van der Waals surface area contributed by atoms with Crippen molar-refractivity contribution in [3.05, 3.63) is 54.1 Å². The lowest BCUT2D eigenvalue weighted by Gasteiger charge is -2.38. The zero-order valence-electron chi connectivity index (χ0n) is 30.7. The van der Waals surface area contributed by atoms with Gasteiger partial charge < -0.3 is 40.2 Å². The fraction of sp³-hybridized carbons (Fsp3) is 0.600. The predicted octanol–water partition coefficient (Wildman–Crippen LogP) is 4.65. The molecule has 12 nitrogen and oxygen atoms in total. The second-order valence-electron chi connectivity index (χ2n) is 13.5. The molecular weight excluding hydrogens is 668 g/mol. The number of aliphatic hydroxyl groups is 3. The molecule has 52 heavy (non-hydrogen) atoms. The van der Waals surface area contributed by atoms with Crippen molar-refractivity contribution in [2.45, 2.75) is 128 Å². The molecule has 2 amide bonds. The van der Waals surface area contributed by atoms with Crippen molar-refractivity contribution in [3.8, 4) is 16.9 Å². The first-order valence-electron chi connectivity index (χ1n) is 18.8. The molecule has 1 heterocycles. The molecule has 2 unspecified atom stereocenters. The van der Waals surface area contributed by atoms with Crippen LogP contribution in [0.2, 0.25) is 0 Å². The minimum Gasteiger partial charge on any atom is -0.486 e. The highest BCUT2D eigenvalue weighted by molar-refractivity contribution is 5.95. The van der Waals surface area contributed by atoms with Gasteiger partial charge in [-0.3, -0.25) is 19.2 Å². The molecule has 5 N–H and O–H groups in total. The van der Waals surface area contributed by atoms with Crippen LogP contribution in [0.15, 0.2) is 48.5 Å². The van der Waals surface area contributed by atoms with Gasteiger partial charge in [0.2, 0.25) is 5.91 Å². The van der Waals surface area contributed by atoms with Gasteiger partial charge in [-0.15, -0.1) is 0 Å². The Hall–Kier alpha value is -3.68. The predicted molar refractivity (Wildman–Crippen MR) is 197 cm³/mol. The lowest BCUT2D eigenvalue weighted by atomic mass is 10.0. The van der Waals surface area contributed by atoms with E-state index in [9.17, 15) is 34.5 Å². The van der Waals surface area contributed by atoms with E-state index in [1.54, 1.807) is 25.1 Å². The van der Waals surface area contributed by atoms with Crippen LogP contribution in [0, 0.1) is 0 Å². The molecule has 0 aromatic heterocycles. The van der Waals surface area contributed by atoms with Crippen LogP contribution in [0.3, 0.4) is 0 Å². The third kappa shape index (κ3) is 15.5. The number of ketones is 2. The van der Waals surface area contributed by atoms with Gasteiger partial charge in [0, 0.05) is 44.3 Å². The molecule has 1 aliphatic heterocycles. The number of rotatable bonds is 25. The Labute approximate surface area is 307 Å². The highest BCUT2D eigenvalue weighted by Gasteiger charge is 2.42. The van der Waals surface area contributed by atoms with E-state index in [0.717, 1.165) is 43.2 Å². The van der Waals surface area contributed by atoms with E-state index in [1.807, 2.05) is 30.3 Å². The molecule has 0 aliphatic carbocycles. The van der Waals surface area contributed by atoms with Gasteiger partial charge in [-0.2, -0.15) is 0 Å². The van der Waals surface area contributed by atoms with E-state index in [-0.39, 0.29) is 43.7 Å². The SMILES string of the molecule is CCCCCCC(=O)CCCCCNC(=O)c1cccc(-c2ccc(OCC(=O)CCCNC(=O)CCCOC3O[C@@H](C)[C@H](O)C(O)[C@@H]3O)cc2)c1. The molecule has 0 spiro atoms. The Morgan fingerprint density at radius 3 is 2.13 bits per heavy atom. The maximum atomic E-state index is 12.7. The highest BCUT2D eigenvalue weighted by atomic mass is 16.7. The Balaban J connectivity index is 1.25. The summed E-state index contributed by atoms with van der Waals surface area (Å²) in [5.74, 6) is 0.462. The Bertz CT molecular complexity index is 1380. The lowest BCUT2D eigenvalue weighted by Crippen LogP contribution is -2.57. The standard InChI is InChI=1S/C40H58N2O10/c1-3-4-5-7-15-32(43)16-8-6-9-23-42-39(49)31-14-10-13-30(26-31)29-19-21-34(22-20-29)51-27-33(44)17-11-24-41-35(45)18-12-25-50-40-38(48)37(47)36(46)28(2)52-40/h10,13-14,19-22,26,28,36-38,40,46-48H,3-9,11-12,15-18,23-25,27H2,1-2H3,(H,41,45)(H,42,49)/t28-,36-,37?,38-,40?/m0/s1. The monoisotopic (exact) mass is 726 g/mol. The topological polar surface area (TPSA) is 181 Å². The first-order chi connectivity index (χ1) is 25.1. The number of hydrogen-bond acceptors (Lipinski definition) is 10. The molecule has 2 aromatic carbocycles. The molecule has 12 heteroatoms. The number of unbranched alkanes of at least 4 members (excludes halogenated alkanes) is 5. The number of Topliss-reactive ketones (excluding diaryl/α,β-unsaturated/α-hetero) is 2. The summed E-state index contributed by atoms with van der Waals surface area (Å²) in [5.41, 5.74) is 2.36. The molecule has 0 saturated carbocycles. The first kappa shape index (κ1) is 42.7. The summed E-state index contributed by atoms with van der Waals surface area (Å²) in [7, 11) is 0. The van der Waals surface area contributed by atoms with E-state index in [2.05, 4.69) is 17.6 Å². The Morgan fingerprint density at radius 2 is 1.40 bits per heavy atom. The van der Waals surface area contributed by atoms with E-state index in [4.69, 9.17) is 14.2 Å². The number of benzene rings is 2. The fourth-order valence-electron chi connectivity index (χ4n) is 5.81. The van der Waals surface area contributed by atoms with Crippen molar-refractivity contribution in [1.82, 2.24) is 10.6 Å². The molecule has 0 bridgehead atoms. The van der Waals surface area contributed by atoms with Crippen molar-refractivity contribution in [1.29, 1.82) is 0 Å².